The molecule has 0 unspecified atom stereocenters. The Kier molecular flexibility index (Phi) is 6.16. The van der Waals surface area contributed by atoms with E-state index < -0.39 is 0 Å². The van der Waals surface area contributed by atoms with Crippen molar-refractivity contribution in [1.82, 2.24) is 9.88 Å². The third kappa shape index (κ3) is 4.46. The van der Waals surface area contributed by atoms with E-state index in [0.717, 1.165) is 39.1 Å². The van der Waals surface area contributed by atoms with Crippen LogP contribution in [0.5, 0.6) is 11.5 Å². The van der Waals surface area contributed by atoms with E-state index in [2.05, 4.69) is 17.1 Å². The second-order valence-corrected chi connectivity index (χ2v) is 8.60. The molecule has 1 aliphatic rings. The number of carbonyl (C=O) groups excluding carboxylic acids is 1. The number of hydrogen-bond acceptors (Lipinski definition) is 6. The fraction of sp³-hybridized carbons (Fsp3) is 0.364. The molecule has 152 valence electrons. The molecule has 0 saturated heterocycles. The number of ether oxygens (including phenoxy) is 2. The van der Waals surface area contributed by atoms with E-state index in [4.69, 9.17) is 9.47 Å². The first-order valence-corrected chi connectivity index (χ1v) is 11.6. The van der Waals surface area contributed by atoms with Crippen LogP contribution in [-0.2, 0) is 24.2 Å². The second-order valence-electron chi connectivity index (χ2n) is 6.80. The fourth-order valence-electron chi connectivity index (χ4n) is 3.48. The summed E-state index contributed by atoms with van der Waals surface area (Å²) in [7, 11) is 0. The van der Waals surface area contributed by atoms with Gasteiger partial charge in [0.15, 0.2) is 11.5 Å². The van der Waals surface area contributed by atoms with Crippen molar-refractivity contribution >= 4 is 28.6 Å². The van der Waals surface area contributed by atoms with Crippen molar-refractivity contribution in [3.05, 3.63) is 51.8 Å². The second kappa shape index (κ2) is 8.97. The maximum Gasteiger partial charge on any atom is 0.228 e. The van der Waals surface area contributed by atoms with Crippen molar-refractivity contribution in [3.63, 3.8) is 0 Å². The summed E-state index contributed by atoms with van der Waals surface area (Å²) in [5.74, 6) is 1.66. The van der Waals surface area contributed by atoms with Gasteiger partial charge >= 0.3 is 0 Å². The van der Waals surface area contributed by atoms with Crippen molar-refractivity contribution in [3.8, 4) is 21.4 Å². The van der Waals surface area contributed by atoms with Crippen molar-refractivity contribution < 1.29 is 14.3 Å². The number of carbonyl (C=O) groups is 1. The fourth-order valence-corrected chi connectivity index (χ4v) is 5.12. The van der Waals surface area contributed by atoms with E-state index in [9.17, 15) is 4.79 Å². The Morgan fingerprint density at radius 3 is 2.59 bits per heavy atom. The van der Waals surface area contributed by atoms with Crippen LogP contribution in [0.2, 0.25) is 0 Å². The zero-order chi connectivity index (χ0) is 20.2. The predicted octanol–water partition coefficient (Wildman–Crippen LogP) is 4.80. The molecule has 1 amide bonds. The highest BCUT2D eigenvalue weighted by Gasteiger charge is 2.24. The molecule has 3 aromatic rings. The number of amides is 1. The van der Waals surface area contributed by atoms with E-state index in [1.54, 1.807) is 22.7 Å². The number of fused-ring (bicyclic) bond motifs is 1. The molecule has 5 nitrogen and oxygen atoms in total. The molecule has 1 aromatic carbocycles. The van der Waals surface area contributed by atoms with E-state index in [-0.39, 0.29) is 5.91 Å². The first kappa shape index (κ1) is 19.9. The zero-order valence-corrected chi connectivity index (χ0v) is 18.3. The van der Waals surface area contributed by atoms with Gasteiger partial charge in [0.2, 0.25) is 5.91 Å². The van der Waals surface area contributed by atoms with Gasteiger partial charge in [0.1, 0.15) is 5.01 Å². The number of hydrogen-bond donors (Lipinski definition) is 0. The summed E-state index contributed by atoms with van der Waals surface area (Å²) in [6, 6.07) is 8.18. The van der Waals surface area contributed by atoms with Gasteiger partial charge in [-0.3, -0.25) is 4.79 Å². The SMILES string of the molecule is CCOc1cc2c(cc1OCC)CN(C(=O)Cc1csc(-c3cccs3)n1)CC2. The van der Waals surface area contributed by atoms with Gasteiger partial charge in [-0.15, -0.1) is 22.7 Å². The number of aromatic nitrogens is 1. The molecule has 4 rings (SSSR count). The zero-order valence-electron chi connectivity index (χ0n) is 16.6. The molecule has 29 heavy (non-hydrogen) atoms. The summed E-state index contributed by atoms with van der Waals surface area (Å²) in [6.07, 6.45) is 1.16. The first-order valence-electron chi connectivity index (χ1n) is 9.85. The van der Waals surface area contributed by atoms with E-state index in [0.29, 0.717) is 32.7 Å². The van der Waals surface area contributed by atoms with Crippen molar-refractivity contribution in [2.24, 2.45) is 0 Å². The molecular formula is C22H24N2O3S2. The molecule has 0 radical (unpaired) electrons. The smallest absolute Gasteiger partial charge is 0.228 e. The molecule has 0 saturated carbocycles. The van der Waals surface area contributed by atoms with Crippen molar-refractivity contribution in [1.29, 1.82) is 0 Å². The van der Waals surface area contributed by atoms with Crippen LogP contribution in [0.3, 0.4) is 0 Å². The standard InChI is InChI=1S/C22H24N2O3S2/c1-3-26-18-10-15-7-8-24(13-16(15)11-19(18)27-4-2)21(25)12-17-14-29-22(23-17)20-6-5-9-28-20/h5-6,9-11,14H,3-4,7-8,12-13H2,1-2H3. The highest BCUT2D eigenvalue weighted by atomic mass is 32.1. The highest BCUT2D eigenvalue weighted by molar-refractivity contribution is 7.20. The van der Waals surface area contributed by atoms with E-state index in [1.807, 2.05) is 41.6 Å². The quantitative estimate of drug-likeness (QED) is 0.543. The summed E-state index contributed by atoms with van der Waals surface area (Å²) in [4.78, 5) is 20.6. The van der Waals surface area contributed by atoms with Crippen molar-refractivity contribution in [2.75, 3.05) is 19.8 Å². The largest absolute Gasteiger partial charge is 0.490 e. The molecule has 3 heterocycles. The molecule has 0 spiro atoms. The van der Waals surface area contributed by atoms with Crippen LogP contribution in [0, 0.1) is 0 Å². The van der Waals surface area contributed by atoms with Gasteiger partial charge in [-0.25, -0.2) is 4.98 Å². The minimum atomic E-state index is 0.116. The van der Waals surface area contributed by atoms with Crippen LogP contribution < -0.4 is 9.47 Å². The third-order valence-electron chi connectivity index (χ3n) is 4.85. The molecule has 0 atom stereocenters. The lowest BCUT2D eigenvalue weighted by atomic mass is 9.98. The van der Waals surface area contributed by atoms with Crippen LogP contribution in [-0.4, -0.2) is 35.5 Å². The Morgan fingerprint density at radius 2 is 1.90 bits per heavy atom. The van der Waals surface area contributed by atoms with Gasteiger partial charge in [-0.2, -0.15) is 0 Å². The molecule has 2 aromatic heterocycles. The highest BCUT2D eigenvalue weighted by Crippen LogP contribution is 2.34. The van der Waals surface area contributed by atoms with Gasteiger partial charge in [0.25, 0.3) is 0 Å². The lowest BCUT2D eigenvalue weighted by Crippen LogP contribution is -2.37. The lowest BCUT2D eigenvalue weighted by molar-refractivity contribution is -0.131. The third-order valence-corrected chi connectivity index (χ3v) is 6.78. The summed E-state index contributed by atoms with van der Waals surface area (Å²) in [5.41, 5.74) is 3.21. The number of nitrogens with zero attached hydrogens (tertiary/aromatic N) is 2. The molecular weight excluding hydrogens is 404 g/mol. The summed E-state index contributed by atoms with van der Waals surface area (Å²) < 4.78 is 11.5. The maximum atomic E-state index is 12.9. The number of thiazole rings is 1. The van der Waals surface area contributed by atoms with Gasteiger partial charge in [0, 0.05) is 18.5 Å². The van der Waals surface area contributed by atoms with Gasteiger partial charge < -0.3 is 14.4 Å². The van der Waals surface area contributed by atoms with Crippen LogP contribution in [0.15, 0.2) is 35.0 Å². The Hall–Kier alpha value is -2.38. The Morgan fingerprint density at radius 1 is 1.14 bits per heavy atom. The van der Waals surface area contributed by atoms with Crippen LogP contribution in [0.4, 0.5) is 0 Å². The molecule has 0 bridgehead atoms. The van der Waals surface area contributed by atoms with E-state index >= 15 is 0 Å². The van der Waals surface area contributed by atoms with Crippen LogP contribution in [0.1, 0.15) is 30.7 Å². The van der Waals surface area contributed by atoms with Crippen LogP contribution >= 0.6 is 22.7 Å². The Bertz CT molecular complexity index is 982. The average Bonchev–Trinajstić information content (AvgIpc) is 3.40. The normalized spacial score (nSPS) is 13.2. The first-order chi connectivity index (χ1) is 14.2. The van der Waals surface area contributed by atoms with Gasteiger partial charge in [0.05, 0.1) is 30.2 Å². The average molecular weight is 429 g/mol. The predicted molar refractivity (Wildman–Crippen MR) is 117 cm³/mol. The Balaban J connectivity index is 1.46. The topological polar surface area (TPSA) is 51.7 Å². The number of benzene rings is 1. The molecule has 0 N–H and O–H groups in total. The van der Waals surface area contributed by atoms with Crippen LogP contribution in [0.25, 0.3) is 9.88 Å². The molecule has 1 aliphatic heterocycles. The number of rotatable bonds is 7. The summed E-state index contributed by atoms with van der Waals surface area (Å²) >= 11 is 3.27. The summed E-state index contributed by atoms with van der Waals surface area (Å²) in [6.45, 7) is 6.43. The molecule has 7 heteroatoms. The van der Waals surface area contributed by atoms with Crippen molar-refractivity contribution in [2.45, 2.75) is 33.2 Å². The Labute approximate surface area is 178 Å². The maximum absolute atomic E-state index is 12.9. The minimum Gasteiger partial charge on any atom is -0.490 e. The van der Waals surface area contributed by atoms with Gasteiger partial charge in [-0.05, 0) is 55.0 Å². The summed E-state index contributed by atoms with van der Waals surface area (Å²) in [5, 5.41) is 5.02. The van der Waals surface area contributed by atoms with Gasteiger partial charge in [-0.1, -0.05) is 6.07 Å². The van der Waals surface area contributed by atoms with E-state index in [1.165, 1.54) is 5.56 Å². The number of thiophene rings is 1. The lowest BCUT2D eigenvalue weighted by Gasteiger charge is -2.29. The minimum absolute atomic E-state index is 0.116. The molecule has 0 fully saturated rings. The molecule has 0 aliphatic carbocycles. The monoisotopic (exact) mass is 428 g/mol.